The maximum absolute atomic E-state index is 4.60. The van der Waals surface area contributed by atoms with Gasteiger partial charge in [0.15, 0.2) is 0 Å². The first-order chi connectivity index (χ1) is 9.72. The first-order valence-corrected chi connectivity index (χ1v) is 8.09. The summed E-state index contributed by atoms with van der Waals surface area (Å²) in [6.45, 7) is 7.39. The summed E-state index contributed by atoms with van der Waals surface area (Å²) in [5, 5.41) is 6.92. The highest BCUT2D eigenvalue weighted by atomic mass is 15.1. The maximum Gasteiger partial charge on any atom is 0.224 e. The molecule has 4 nitrogen and oxygen atoms in total. The van der Waals surface area contributed by atoms with Crippen LogP contribution in [0.2, 0.25) is 0 Å². The van der Waals surface area contributed by atoms with Crippen molar-refractivity contribution in [2.45, 2.75) is 65.3 Å². The highest BCUT2D eigenvalue weighted by Crippen LogP contribution is 2.29. The van der Waals surface area contributed by atoms with Crippen molar-refractivity contribution in [1.29, 1.82) is 0 Å². The SMILES string of the molecule is CCCNc1nc(C)cc(NC2CCCCC2CC)n1. The first-order valence-electron chi connectivity index (χ1n) is 8.09. The summed E-state index contributed by atoms with van der Waals surface area (Å²) >= 11 is 0. The van der Waals surface area contributed by atoms with Crippen molar-refractivity contribution in [3.05, 3.63) is 11.8 Å². The lowest BCUT2D eigenvalue weighted by atomic mass is 9.83. The molecule has 1 fully saturated rings. The number of anilines is 2. The molecule has 0 bridgehead atoms. The van der Waals surface area contributed by atoms with E-state index in [2.05, 4.69) is 40.5 Å². The third-order valence-electron chi connectivity index (χ3n) is 4.15. The van der Waals surface area contributed by atoms with Crippen LogP contribution in [0, 0.1) is 12.8 Å². The summed E-state index contributed by atoms with van der Waals surface area (Å²) in [7, 11) is 0. The van der Waals surface area contributed by atoms with Crippen molar-refractivity contribution in [1.82, 2.24) is 9.97 Å². The van der Waals surface area contributed by atoms with E-state index < -0.39 is 0 Å². The van der Waals surface area contributed by atoms with E-state index in [4.69, 9.17) is 0 Å². The molecule has 0 saturated heterocycles. The number of hydrogen-bond donors (Lipinski definition) is 2. The number of nitrogens with zero attached hydrogens (tertiary/aromatic N) is 2. The average Bonchev–Trinajstić information content (AvgIpc) is 2.45. The van der Waals surface area contributed by atoms with E-state index in [1.807, 2.05) is 6.92 Å². The minimum Gasteiger partial charge on any atom is -0.367 e. The molecule has 2 unspecified atom stereocenters. The fourth-order valence-corrected chi connectivity index (χ4v) is 3.03. The number of hydrogen-bond acceptors (Lipinski definition) is 4. The Kier molecular flexibility index (Phi) is 5.62. The molecule has 112 valence electrons. The number of rotatable bonds is 6. The monoisotopic (exact) mass is 276 g/mol. The zero-order valence-electron chi connectivity index (χ0n) is 13.1. The Labute approximate surface area is 122 Å². The van der Waals surface area contributed by atoms with E-state index in [-0.39, 0.29) is 0 Å². The Bertz CT molecular complexity index is 419. The number of aryl methyl sites for hydroxylation is 1. The summed E-state index contributed by atoms with van der Waals surface area (Å²) in [5.41, 5.74) is 1.02. The summed E-state index contributed by atoms with van der Waals surface area (Å²) in [4.78, 5) is 9.04. The summed E-state index contributed by atoms with van der Waals surface area (Å²) in [6.07, 6.45) is 7.66. The molecular formula is C16H28N4. The van der Waals surface area contributed by atoms with Crippen LogP contribution in [-0.4, -0.2) is 22.6 Å². The van der Waals surface area contributed by atoms with Gasteiger partial charge >= 0.3 is 0 Å². The normalized spacial score (nSPS) is 22.6. The van der Waals surface area contributed by atoms with Gasteiger partial charge in [0, 0.05) is 24.3 Å². The predicted molar refractivity (Wildman–Crippen MR) is 85.2 cm³/mol. The van der Waals surface area contributed by atoms with Crippen LogP contribution in [0.1, 0.15) is 58.1 Å². The van der Waals surface area contributed by atoms with Crippen molar-refractivity contribution in [2.24, 2.45) is 5.92 Å². The number of aromatic nitrogens is 2. The van der Waals surface area contributed by atoms with Gasteiger partial charge in [-0.25, -0.2) is 4.98 Å². The van der Waals surface area contributed by atoms with Crippen LogP contribution in [0.4, 0.5) is 11.8 Å². The molecule has 1 heterocycles. The van der Waals surface area contributed by atoms with Crippen LogP contribution in [-0.2, 0) is 0 Å². The average molecular weight is 276 g/mol. The molecule has 2 atom stereocenters. The lowest BCUT2D eigenvalue weighted by Crippen LogP contribution is -2.32. The molecule has 0 radical (unpaired) electrons. The zero-order valence-corrected chi connectivity index (χ0v) is 13.1. The van der Waals surface area contributed by atoms with E-state index in [1.165, 1.54) is 32.1 Å². The molecule has 0 aromatic carbocycles. The fourth-order valence-electron chi connectivity index (χ4n) is 3.03. The third-order valence-corrected chi connectivity index (χ3v) is 4.15. The Hall–Kier alpha value is -1.32. The Morgan fingerprint density at radius 2 is 2.00 bits per heavy atom. The van der Waals surface area contributed by atoms with Crippen LogP contribution in [0.25, 0.3) is 0 Å². The largest absolute Gasteiger partial charge is 0.367 e. The molecule has 4 heteroatoms. The second kappa shape index (κ2) is 7.46. The van der Waals surface area contributed by atoms with Gasteiger partial charge in [0.05, 0.1) is 0 Å². The highest BCUT2D eigenvalue weighted by molar-refractivity contribution is 5.43. The van der Waals surface area contributed by atoms with Crippen molar-refractivity contribution in [3.63, 3.8) is 0 Å². The number of nitrogens with one attached hydrogen (secondary N) is 2. The highest BCUT2D eigenvalue weighted by Gasteiger charge is 2.23. The molecule has 0 amide bonds. The molecule has 1 aliphatic rings. The fraction of sp³-hybridized carbons (Fsp3) is 0.750. The van der Waals surface area contributed by atoms with Crippen LogP contribution < -0.4 is 10.6 Å². The minimum absolute atomic E-state index is 0.571. The van der Waals surface area contributed by atoms with Crippen LogP contribution >= 0.6 is 0 Å². The maximum atomic E-state index is 4.60. The summed E-state index contributed by atoms with van der Waals surface area (Å²) in [5.74, 6) is 2.51. The Balaban J connectivity index is 2.05. The van der Waals surface area contributed by atoms with Crippen molar-refractivity contribution in [2.75, 3.05) is 17.2 Å². The zero-order chi connectivity index (χ0) is 14.4. The second-order valence-electron chi connectivity index (χ2n) is 5.85. The topological polar surface area (TPSA) is 49.8 Å². The molecule has 2 rings (SSSR count). The van der Waals surface area contributed by atoms with Gasteiger partial charge in [-0.05, 0) is 32.1 Å². The summed E-state index contributed by atoms with van der Waals surface area (Å²) < 4.78 is 0. The van der Waals surface area contributed by atoms with Crippen LogP contribution in [0.3, 0.4) is 0 Å². The van der Waals surface area contributed by atoms with Gasteiger partial charge in [-0.1, -0.05) is 33.1 Å². The Morgan fingerprint density at radius 3 is 2.75 bits per heavy atom. The molecule has 0 aliphatic heterocycles. The lowest BCUT2D eigenvalue weighted by molar-refractivity contribution is 0.317. The second-order valence-corrected chi connectivity index (χ2v) is 5.85. The van der Waals surface area contributed by atoms with Crippen molar-refractivity contribution in [3.8, 4) is 0 Å². The van der Waals surface area contributed by atoms with Gasteiger partial charge in [-0.3, -0.25) is 0 Å². The molecule has 20 heavy (non-hydrogen) atoms. The van der Waals surface area contributed by atoms with E-state index in [1.54, 1.807) is 0 Å². The van der Waals surface area contributed by atoms with E-state index in [9.17, 15) is 0 Å². The molecule has 1 aromatic heterocycles. The first kappa shape index (κ1) is 15.1. The minimum atomic E-state index is 0.571. The predicted octanol–water partition coefficient (Wildman–Crippen LogP) is 3.99. The molecular weight excluding hydrogens is 248 g/mol. The van der Waals surface area contributed by atoms with Crippen molar-refractivity contribution >= 4 is 11.8 Å². The van der Waals surface area contributed by atoms with Gasteiger partial charge in [0.2, 0.25) is 5.95 Å². The lowest BCUT2D eigenvalue weighted by Gasteiger charge is -2.32. The molecule has 2 N–H and O–H groups in total. The standard InChI is InChI=1S/C16H28N4/c1-4-10-17-16-18-12(3)11-15(20-16)19-14-9-7-6-8-13(14)5-2/h11,13-14H,4-10H2,1-3H3,(H2,17,18,19,20). The van der Waals surface area contributed by atoms with Gasteiger partial charge in [0.1, 0.15) is 5.82 Å². The Morgan fingerprint density at radius 1 is 1.20 bits per heavy atom. The van der Waals surface area contributed by atoms with Gasteiger partial charge in [0.25, 0.3) is 0 Å². The van der Waals surface area contributed by atoms with Crippen LogP contribution in [0.5, 0.6) is 0 Å². The van der Waals surface area contributed by atoms with Gasteiger partial charge < -0.3 is 10.6 Å². The molecule has 1 aliphatic carbocycles. The summed E-state index contributed by atoms with van der Waals surface area (Å²) in [6, 6.07) is 2.63. The van der Waals surface area contributed by atoms with Gasteiger partial charge in [-0.15, -0.1) is 0 Å². The molecule has 1 aromatic rings. The van der Waals surface area contributed by atoms with Gasteiger partial charge in [-0.2, -0.15) is 4.98 Å². The molecule has 1 saturated carbocycles. The smallest absolute Gasteiger partial charge is 0.224 e. The quantitative estimate of drug-likeness (QED) is 0.825. The van der Waals surface area contributed by atoms with Crippen LogP contribution in [0.15, 0.2) is 6.07 Å². The van der Waals surface area contributed by atoms with E-state index >= 15 is 0 Å². The van der Waals surface area contributed by atoms with E-state index in [0.717, 1.165) is 36.3 Å². The van der Waals surface area contributed by atoms with E-state index in [0.29, 0.717) is 6.04 Å². The molecule has 0 spiro atoms. The third kappa shape index (κ3) is 4.09. The van der Waals surface area contributed by atoms with Crippen molar-refractivity contribution < 1.29 is 0 Å².